The predicted molar refractivity (Wildman–Crippen MR) is 87.7 cm³/mol. The molecule has 1 aromatic heterocycles. The Morgan fingerprint density at radius 1 is 1.26 bits per heavy atom. The number of thioether (sulfide) groups is 1. The van der Waals surface area contributed by atoms with Crippen molar-refractivity contribution in [3.8, 4) is 0 Å². The van der Waals surface area contributed by atoms with Crippen molar-refractivity contribution < 1.29 is 0 Å². The Kier molecular flexibility index (Phi) is 4.21. The van der Waals surface area contributed by atoms with Gasteiger partial charge in [-0.1, -0.05) is 31.2 Å². The van der Waals surface area contributed by atoms with Gasteiger partial charge in [-0.2, -0.15) is 11.8 Å². The molecule has 0 radical (unpaired) electrons. The van der Waals surface area contributed by atoms with Crippen molar-refractivity contribution in [3.63, 3.8) is 0 Å². The molecule has 0 saturated carbocycles. The average Bonchev–Trinajstić information content (AvgIpc) is 2.90. The molecule has 0 N–H and O–H groups in total. The van der Waals surface area contributed by atoms with Gasteiger partial charge in [-0.15, -0.1) is 22.9 Å². The second-order valence-electron chi connectivity index (χ2n) is 4.86. The van der Waals surface area contributed by atoms with E-state index in [1.807, 2.05) is 23.1 Å². The van der Waals surface area contributed by atoms with Crippen LogP contribution in [-0.4, -0.2) is 5.75 Å². The smallest absolute Gasteiger partial charge is 0.0927 e. The van der Waals surface area contributed by atoms with Gasteiger partial charge in [0.2, 0.25) is 0 Å². The lowest BCUT2D eigenvalue weighted by Crippen LogP contribution is -1.96. The van der Waals surface area contributed by atoms with Gasteiger partial charge in [0, 0.05) is 15.5 Å². The maximum atomic E-state index is 6.65. The van der Waals surface area contributed by atoms with E-state index in [-0.39, 0.29) is 5.38 Å². The first-order valence-corrected chi connectivity index (χ1v) is 9.11. The van der Waals surface area contributed by atoms with Crippen molar-refractivity contribution in [2.75, 3.05) is 5.75 Å². The summed E-state index contributed by atoms with van der Waals surface area (Å²) in [4.78, 5) is 2.85. The maximum Gasteiger partial charge on any atom is 0.0927 e. The Balaban J connectivity index is 1.85. The Hall–Kier alpha value is -0.440. The van der Waals surface area contributed by atoms with Crippen molar-refractivity contribution in [1.82, 2.24) is 0 Å². The van der Waals surface area contributed by atoms with Crippen LogP contribution < -0.4 is 0 Å². The van der Waals surface area contributed by atoms with Crippen molar-refractivity contribution in [2.24, 2.45) is 0 Å². The average molecular weight is 309 g/mol. The number of hydrogen-bond acceptors (Lipinski definition) is 2. The van der Waals surface area contributed by atoms with Gasteiger partial charge in [-0.25, -0.2) is 0 Å². The standard InChI is InChI=1S/C16H17ClS2/c1-2-11-3-5-12(6-4-11)16(17)15-9-13-10-18-8-7-14(13)19-15/h3-6,9,16H,2,7-8,10H2,1H3. The summed E-state index contributed by atoms with van der Waals surface area (Å²) < 4.78 is 0. The van der Waals surface area contributed by atoms with Gasteiger partial charge in [0.1, 0.15) is 0 Å². The van der Waals surface area contributed by atoms with E-state index in [1.54, 1.807) is 4.88 Å². The zero-order valence-electron chi connectivity index (χ0n) is 11.0. The highest BCUT2D eigenvalue weighted by Gasteiger charge is 2.19. The van der Waals surface area contributed by atoms with Gasteiger partial charge in [-0.05, 0) is 41.4 Å². The van der Waals surface area contributed by atoms with Crippen molar-refractivity contribution in [2.45, 2.75) is 30.9 Å². The third-order valence-electron chi connectivity index (χ3n) is 3.58. The van der Waals surface area contributed by atoms with Crippen LogP contribution >= 0.6 is 34.7 Å². The summed E-state index contributed by atoms with van der Waals surface area (Å²) >= 11 is 10.6. The van der Waals surface area contributed by atoms with Crippen molar-refractivity contribution in [3.05, 3.63) is 56.8 Å². The van der Waals surface area contributed by atoms with Crippen molar-refractivity contribution in [1.29, 1.82) is 0 Å². The minimum Gasteiger partial charge on any atom is -0.157 e. The van der Waals surface area contributed by atoms with E-state index in [0.29, 0.717) is 0 Å². The first kappa shape index (κ1) is 13.5. The molecule has 3 heteroatoms. The summed E-state index contributed by atoms with van der Waals surface area (Å²) in [5, 5.41) is 0.00602. The van der Waals surface area contributed by atoms with Crippen LogP contribution in [0.3, 0.4) is 0 Å². The number of hydrogen-bond donors (Lipinski definition) is 0. The number of aryl methyl sites for hydroxylation is 2. The molecule has 1 unspecified atom stereocenters. The quantitative estimate of drug-likeness (QED) is 0.681. The summed E-state index contributed by atoms with van der Waals surface area (Å²) in [5.41, 5.74) is 4.09. The van der Waals surface area contributed by atoms with Crippen LogP contribution in [0.4, 0.5) is 0 Å². The van der Waals surface area contributed by atoms with Gasteiger partial charge < -0.3 is 0 Å². The predicted octanol–water partition coefficient (Wildman–Crippen LogP) is 5.43. The SMILES string of the molecule is CCc1ccc(C(Cl)c2cc3c(s2)CCSC3)cc1. The highest BCUT2D eigenvalue weighted by Crippen LogP contribution is 2.39. The monoisotopic (exact) mass is 308 g/mol. The molecule has 0 fully saturated rings. The molecule has 1 atom stereocenters. The molecule has 1 aliphatic heterocycles. The molecule has 0 spiro atoms. The number of alkyl halides is 1. The van der Waals surface area contributed by atoms with Gasteiger partial charge in [0.25, 0.3) is 0 Å². The normalized spacial score (nSPS) is 16.1. The van der Waals surface area contributed by atoms with Crippen LogP contribution in [0.1, 0.15) is 38.7 Å². The first-order valence-electron chi connectivity index (χ1n) is 6.70. The zero-order valence-corrected chi connectivity index (χ0v) is 13.4. The molecule has 0 amide bonds. The first-order chi connectivity index (χ1) is 9.28. The minimum absolute atomic E-state index is 0.00602. The molecule has 3 rings (SSSR count). The zero-order chi connectivity index (χ0) is 13.2. The Labute approximate surface area is 128 Å². The van der Waals surface area contributed by atoms with E-state index in [4.69, 9.17) is 11.6 Å². The summed E-state index contributed by atoms with van der Waals surface area (Å²) in [6.07, 6.45) is 2.29. The van der Waals surface area contributed by atoms with E-state index < -0.39 is 0 Å². The van der Waals surface area contributed by atoms with Crippen LogP contribution in [0.15, 0.2) is 30.3 Å². The largest absolute Gasteiger partial charge is 0.157 e. The number of halogens is 1. The summed E-state index contributed by atoms with van der Waals surface area (Å²) in [6.45, 7) is 2.18. The molecule has 0 nitrogen and oxygen atoms in total. The van der Waals surface area contributed by atoms with Crippen LogP contribution in [-0.2, 0) is 18.6 Å². The van der Waals surface area contributed by atoms with E-state index >= 15 is 0 Å². The number of fused-ring (bicyclic) bond motifs is 1. The lowest BCUT2D eigenvalue weighted by atomic mass is 10.1. The Morgan fingerprint density at radius 2 is 2.05 bits per heavy atom. The lowest BCUT2D eigenvalue weighted by Gasteiger charge is -2.08. The molecule has 19 heavy (non-hydrogen) atoms. The second-order valence-corrected chi connectivity index (χ2v) is 7.57. The number of benzene rings is 1. The second kappa shape index (κ2) is 5.90. The topological polar surface area (TPSA) is 0 Å². The highest BCUT2D eigenvalue weighted by atomic mass is 35.5. The summed E-state index contributed by atoms with van der Waals surface area (Å²) in [6, 6.07) is 11.0. The van der Waals surface area contributed by atoms with Crippen LogP contribution in [0.5, 0.6) is 0 Å². The minimum atomic E-state index is 0.00602. The number of rotatable bonds is 3. The summed E-state index contributed by atoms with van der Waals surface area (Å²) in [5.74, 6) is 2.41. The molecule has 2 heterocycles. The van der Waals surface area contributed by atoms with Gasteiger partial charge in [0.15, 0.2) is 0 Å². The molecule has 1 aromatic carbocycles. The molecular weight excluding hydrogens is 292 g/mol. The van der Waals surface area contributed by atoms with E-state index in [0.717, 1.165) is 12.2 Å². The fraction of sp³-hybridized carbons (Fsp3) is 0.375. The van der Waals surface area contributed by atoms with Crippen LogP contribution in [0.2, 0.25) is 0 Å². The third kappa shape index (κ3) is 2.86. The molecule has 2 aromatic rings. The fourth-order valence-electron chi connectivity index (χ4n) is 2.38. The lowest BCUT2D eigenvalue weighted by molar-refractivity contribution is 1.11. The van der Waals surface area contributed by atoms with Gasteiger partial charge in [0.05, 0.1) is 5.38 Å². The van der Waals surface area contributed by atoms with Crippen LogP contribution in [0, 0.1) is 0 Å². The Bertz CT molecular complexity index is 533. The molecule has 0 saturated heterocycles. The molecule has 1 aliphatic rings. The van der Waals surface area contributed by atoms with Crippen LogP contribution in [0.25, 0.3) is 0 Å². The molecule has 0 bridgehead atoms. The molecule has 100 valence electrons. The van der Waals surface area contributed by atoms with E-state index in [9.17, 15) is 0 Å². The molecule has 0 aliphatic carbocycles. The highest BCUT2D eigenvalue weighted by molar-refractivity contribution is 7.98. The fourth-order valence-corrected chi connectivity index (χ4v) is 5.11. The van der Waals surface area contributed by atoms with Crippen molar-refractivity contribution >= 4 is 34.7 Å². The Morgan fingerprint density at radius 3 is 2.74 bits per heavy atom. The number of thiophene rings is 1. The van der Waals surface area contributed by atoms with Gasteiger partial charge in [-0.3, -0.25) is 0 Å². The third-order valence-corrected chi connectivity index (χ3v) is 6.50. The maximum absolute atomic E-state index is 6.65. The van der Waals surface area contributed by atoms with E-state index in [1.165, 1.54) is 33.7 Å². The summed E-state index contributed by atoms with van der Waals surface area (Å²) in [7, 11) is 0. The molecular formula is C16H17ClS2. The van der Waals surface area contributed by atoms with Gasteiger partial charge >= 0.3 is 0 Å². The van der Waals surface area contributed by atoms with E-state index in [2.05, 4.69) is 37.3 Å².